The molecule has 0 spiro atoms. The molecule has 0 unspecified atom stereocenters. The third kappa shape index (κ3) is 7.07. The summed E-state index contributed by atoms with van der Waals surface area (Å²) in [5.41, 5.74) is 1.14. The van der Waals surface area contributed by atoms with Gasteiger partial charge in [0, 0.05) is 18.2 Å². The molecule has 6 nitrogen and oxygen atoms in total. The fourth-order valence-corrected chi connectivity index (χ4v) is 3.10. The molecule has 1 aromatic heterocycles. The average Bonchev–Trinajstić information content (AvgIpc) is 2.62. The number of rotatable bonds is 10. The van der Waals surface area contributed by atoms with E-state index in [9.17, 15) is 13.2 Å². The first-order valence-corrected chi connectivity index (χ1v) is 11.0. The van der Waals surface area contributed by atoms with E-state index >= 15 is 0 Å². The summed E-state index contributed by atoms with van der Waals surface area (Å²) in [6, 6.07) is 3.68. The minimum atomic E-state index is -4.11. The van der Waals surface area contributed by atoms with Gasteiger partial charge in [0.25, 0.3) is 16.0 Å². The van der Waals surface area contributed by atoms with Crippen molar-refractivity contribution < 1.29 is 17.8 Å². The van der Waals surface area contributed by atoms with Gasteiger partial charge in [-0.25, -0.2) is 0 Å². The van der Waals surface area contributed by atoms with E-state index in [0.29, 0.717) is 0 Å². The lowest BCUT2D eigenvalue weighted by molar-refractivity contribution is 0.0951. The number of pyridine rings is 1. The molecule has 2 N–H and O–H groups in total. The van der Waals surface area contributed by atoms with Gasteiger partial charge in [-0.05, 0) is 42.4 Å². The van der Waals surface area contributed by atoms with Crippen molar-refractivity contribution in [2.45, 2.75) is 59.3 Å². The topological polar surface area (TPSA) is 96.4 Å². The molecule has 0 saturated carbocycles. The van der Waals surface area contributed by atoms with Crippen LogP contribution in [0, 0.1) is 5.41 Å². The highest BCUT2D eigenvalue weighted by Crippen LogP contribution is 2.35. The summed E-state index contributed by atoms with van der Waals surface area (Å²) in [4.78, 5) is 16.4. The molecule has 0 aliphatic heterocycles. The second-order valence-corrected chi connectivity index (χ2v) is 9.08. The average molecular weight is 397 g/mol. The number of aromatic nitrogens is 1. The maximum Gasteiger partial charge on any atom is 0.269 e. The summed E-state index contributed by atoms with van der Waals surface area (Å²) in [6.45, 7) is 10.6. The van der Waals surface area contributed by atoms with E-state index < -0.39 is 21.8 Å². The van der Waals surface area contributed by atoms with Crippen molar-refractivity contribution >= 4 is 16.0 Å². The van der Waals surface area contributed by atoms with Gasteiger partial charge in [-0.15, -0.1) is 0 Å². The Balaban J connectivity index is 3.10. The maximum atomic E-state index is 12.3. The van der Waals surface area contributed by atoms with E-state index in [1.54, 1.807) is 12.3 Å². The van der Waals surface area contributed by atoms with Crippen LogP contribution in [0.1, 0.15) is 69.9 Å². The van der Waals surface area contributed by atoms with E-state index in [1.807, 2.05) is 6.07 Å². The summed E-state index contributed by atoms with van der Waals surface area (Å²) in [6.07, 6.45) is 8.88. The summed E-state index contributed by atoms with van der Waals surface area (Å²) < 4.78 is 30.3. The summed E-state index contributed by atoms with van der Waals surface area (Å²) >= 11 is 0. The molecular weight excluding hydrogens is 364 g/mol. The number of nitrogens with one attached hydrogen (secondary N) is 1. The van der Waals surface area contributed by atoms with Crippen LogP contribution in [0.5, 0.6) is 0 Å². The van der Waals surface area contributed by atoms with Crippen LogP contribution in [0.25, 0.3) is 0 Å². The van der Waals surface area contributed by atoms with E-state index in [1.165, 1.54) is 0 Å². The molecule has 0 aliphatic carbocycles. The Morgan fingerprint density at radius 3 is 2.33 bits per heavy atom. The molecule has 1 heterocycles. The van der Waals surface area contributed by atoms with Gasteiger partial charge in [0.15, 0.2) is 0 Å². The largest absolute Gasteiger partial charge is 0.350 e. The minimum absolute atomic E-state index is 0.0958. The van der Waals surface area contributed by atoms with Gasteiger partial charge in [0.2, 0.25) is 0 Å². The lowest BCUT2D eigenvalue weighted by Crippen LogP contribution is -2.30. The quantitative estimate of drug-likeness (QED) is 0.464. The van der Waals surface area contributed by atoms with Gasteiger partial charge < -0.3 is 5.32 Å². The molecule has 0 saturated heterocycles. The van der Waals surface area contributed by atoms with Gasteiger partial charge in [-0.1, -0.05) is 46.8 Å². The Morgan fingerprint density at radius 1 is 1.19 bits per heavy atom. The Kier molecular flexibility index (Phi) is 8.17. The van der Waals surface area contributed by atoms with Crippen molar-refractivity contribution in [1.82, 2.24) is 10.3 Å². The van der Waals surface area contributed by atoms with E-state index in [0.717, 1.165) is 24.8 Å². The molecular formula is C20H32N2O4S. The minimum Gasteiger partial charge on any atom is -0.350 e. The van der Waals surface area contributed by atoms with E-state index in [2.05, 4.69) is 57.1 Å². The number of amides is 1. The number of carbonyl (C=O) groups excluding carboxylic acids is 1. The van der Waals surface area contributed by atoms with Crippen molar-refractivity contribution in [3.8, 4) is 0 Å². The molecule has 0 bridgehead atoms. The zero-order chi connectivity index (χ0) is 20.7. The van der Waals surface area contributed by atoms with Crippen LogP contribution in [0.4, 0.5) is 0 Å². The lowest BCUT2D eigenvalue weighted by atomic mass is 9.74. The van der Waals surface area contributed by atoms with Gasteiger partial charge in [-0.3, -0.25) is 14.3 Å². The standard InChI is InChI=1S/C20H32N2O4S/c1-6-19(4,5)10-11-20(7-2,8-3)16-9-12-21-17(15-16)18(23)22-13-14-27(24,25)26/h9-12,15H,6-8,13-14H2,1-5H3,(H,22,23)(H,24,25,26). The van der Waals surface area contributed by atoms with Gasteiger partial charge >= 0.3 is 0 Å². The Morgan fingerprint density at radius 2 is 1.81 bits per heavy atom. The number of carbonyl (C=O) groups is 1. The predicted octanol–water partition coefficient (Wildman–Crippen LogP) is 3.75. The number of hydrogen-bond donors (Lipinski definition) is 2. The monoisotopic (exact) mass is 396 g/mol. The molecule has 0 aromatic carbocycles. The molecule has 152 valence electrons. The second kappa shape index (κ2) is 9.46. The fraction of sp³-hybridized carbons (Fsp3) is 0.600. The van der Waals surface area contributed by atoms with Crippen molar-refractivity contribution in [2.75, 3.05) is 12.3 Å². The van der Waals surface area contributed by atoms with Crippen LogP contribution in [-0.4, -0.2) is 36.2 Å². The Hall–Kier alpha value is -1.73. The molecule has 27 heavy (non-hydrogen) atoms. The third-order valence-electron chi connectivity index (χ3n) is 5.24. The fourth-order valence-electron chi connectivity index (χ4n) is 2.74. The molecule has 7 heteroatoms. The summed E-state index contributed by atoms with van der Waals surface area (Å²) in [5, 5.41) is 2.48. The SMILES string of the molecule is CCC(C)(C)C=CC(CC)(CC)c1ccnc(C(=O)NCCS(=O)(=O)O)c1. The van der Waals surface area contributed by atoms with E-state index in [-0.39, 0.29) is 23.1 Å². The normalized spacial score (nSPS) is 13.1. The second-order valence-electron chi connectivity index (χ2n) is 7.51. The van der Waals surface area contributed by atoms with Crippen molar-refractivity contribution in [3.05, 3.63) is 41.7 Å². The van der Waals surface area contributed by atoms with Gasteiger partial charge in [0.05, 0.1) is 5.75 Å². The molecule has 0 fully saturated rings. The number of nitrogens with zero attached hydrogens (tertiary/aromatic N) is 1. The Labute approximate surface area is 163 Å². The highest BCUT2D eigenvalue weighted by atomic mass is 32.2. The maximum absolute atomic E-state index is 12.3. The van der Waals surface area contributed by atoms with Crippen molar-refractivity contribution in [1.29, 1.82) is 0 Å². The zero-order valence-corrected chi connectivity index (χ0v) is 17.8. The highest BCUT2D eigenvalue weighted by Gasteiger charge is 2.27. The summed E-state index contributed by atoms with van der Waals surface area (Å²) in [5.74, 6) is -0.985. The Bertz CT molecular complexity index is 766. The predicted molar refractivity (Wildman–Crippen MR) is 108 cm³/mol. The van der Waals surface area contributed by atoms with Gasteiger partial charge in [-0.2, -0.15) is 8.42 Å². The molecule has 0 radical (unpaired) electrons. The van der Waals surface area contributed by atoms with Crippen LogP contribution in [0.3, 0.4) is 0 Å². The van der Waals surface area contributed by atoms with E-state index in [4.69, 9.17) is 4.55 Å². The molecule has 0 atom stereocenters. The first-order chi connectivity index (χ1) is 12.5. The molecule has 0 aliphatic rings. The van der Waals surface area contributed by atoms with Crippen LogP contribution in [0.2, 0.25) is 0 Å². The highest BCUT2D eigenvalue weighted by molar-refractivity contribution is 7.85. The zero-order valence-electron chi connectivity index (χ0n) is 16.9. The first kappa shape index (κ1) is 23.3. The van der Waals surface area contributed by atoms with Crippen LogP contribution in [-0.2, 0) is 15.5 Å². The van der Waals surface area contributed by atoms with Crippen molar-refractivity contribution in [2.24, 2.45) is 5.41 Å². The summed E-state index contributed by atoms with van der Waals surface area (Å²) in [7, 11) is -4.11. The van der Waals surface area contributed by atoms with Crippen LogP contribution >= 0.6 is 0 Å². The third-order valence-corrected chi connectivity index (χ3v) is 5.96. The van der Waals surface area contributed by atoms with Crippen LogP contribution in [0.15, 0.2) is 30.5 Å². The van der Waals surface area contributed by atoms with Gasteiger partial charge in [0.1, 0.15) is 5.69 Å². The lowest BCUT2D eigenvalue weighted by Gasteiger charge is -2.31. The molecule has 1 aromatic rings. The molecule has 1 amide bonds. The number of allylic oxidation sites excluding steroid dienone is 2. The van der Waals surface area contributed by atoms with Crippen LogP contribution < -0.4 is 5.32 Å². The molecule has 1 rings (SSSR count). The smallest absolute Gasteiger partial charge is 0.269 e. The number of hydrogen-bond acceptors (Lipinski definition) is 4. The van der Waals surface area contributed by atoms with Crippen molar-refractivity contribution in [3.63, 3.8) is 0 Å². The first-order valence-electron chi connectivity index (χ1n) is 9.39.